The molecule has 1 atom stereocenters. The molecule has 7 heteroatoms. The van der Waals surface area contributed by atoms with Gasteiger partial charge in [0.1, 0.15) is 5.50 Å². The van der Waals surface area contributed by atoms with Crippen molar-refractivity contribution in [1.29, 1.82) is 0 Å². The molecule has 0 saturated carbocycles. The number of carbonyl (C=O) groups excluding carboxylic acids is 1. The molecule has 2 aliphatic rings. The fourth-order valence-corrected chi connectivity index (χ4v) is 10.4. The van der Waals surface area contributed by atoms with E-state index in [1.807, 2.05) is 25.5 Å². The van der Waals surface area contributed by atoms with Crippen molar-refractivity contribution in [2.75, 3.05) is 13.1 Å². The van der Waals surface area contributed by atoms with Crippen LogP contribution in [0.3, 0.4) is 0 Å². The maximum atomic E-state index is 12.6. The van der Waals surface area contributed by atoms with Gasteiger partial charge in [0.25, 0.3) is 8.32 Å². The van der Waals surface area contributed by atoms with E-state index in [1.54, 1.807) is 16.7 Å². The van der Waals surface area contributed by atoms with Crippen molar-refractivity contribution in [2.24, 2.45) is 0 Å². The number of hydrogen-bond donors (Lipinski definition) is 1. The molecule has 1 saturated heterocycles. The first-order valence-electron chi connectivity index (χ1n) is 11.7. The first-order valence-corrected chi connectivity index (χ1v) is 14.5. The number of carbonyl (C=O) groups is 1. The summed E-state index contributed by atoms with van der Waals surface area (Å²) in [4.78, 5) is 16.7. The summed E-state index contributed by atoms with van der Waals surface area (Å²) in [6.45, 7) is 12.5. The number of nitrogens with zero attached hydrogens (tertiary/aromatic N) is 2. The SMILES string of the molecule is CC(C)NC(=O)N1C=CSC1N1CC(O[Si](c2ccccc2)(c2ccccc2)C(C)(C)C)C1. The summed E-state index contributed by atoms with van der Waals surface area (Å²) in [6, 6.07) is 21.6. The van der Waals surface area contributed by atoms with Crippen LogP contribution in [0.1, 0.15) is 34.6 Å². The van der Waals surface area contributed by atoms with E-state index in [4.69, 9.17) is 4.43 Å². The number of nitrogens with one attached hydrogen (secondary N) is 1. The molecule has 0 radical (unpaired) electrons. The molecule has 0 aliphatic carbocycles. The summed E-state index contributed by atoms with van der Waals surface area (Å²) in [5.41, 5.74) is -0.0113. The highest BCUT2D eigenvalue weighted by atomic mass is 32.2. The maximum absolute atomic E-state index is 12.6. The molecule has 5 nitrogen and oxygen atoms in total. The number of hydrogen-bond acceptors (Lipinski definition) is 4. The van der Waals surface area contributed by atoms with Gasteiger partial charge in [-0.3, -0.25) is 9.80 Å². The molecule has 2 heterocycles. The molecule has 176 valence electrons. The number of urea groups is 1. The van der Waals surface area contributed by atoms with Gasteiger partial charge < -0.3 is 9.74 Å². The van der Waals surface area contributed by atoms with Gasteiger partial charge in [0.2, 0.25) is 0 Å². The van der Waals surface area contributed by atoms with Gasteiger partial charge in [-0.25, -0.2) is 4.79 Å². The summed E-state index contributed by atoms with van der Waals surface area (Å²) in [5, 5.41) is 7.57. The van der Waals surface area contributed by atoms with E-state index in [2.05, 4.69) is 91.7 Å². The van der Waals surface area contributed by atoms with Crippen molar-refractivity contribution in [3.05, 3.63) is 72.3 Å². The van der Waals surface area contributed by atoms with Crippen molar-refractivity contribution in [3.8, 4) is 0 Å². The monoisotopic (exact) mass is 481 g/mol. The summed E-state index contributed by atoms with van der Waals surface area (Å²) in [5.74, 6) is 0. The zero-order valence-electron chi connectivity index (χ0n) is 20.2. The van der Waals surface area contributed by atoms with E-state index in [0.717, 1.165) is 13.1 Å². The molecule has 1 unspecified atom stereocenters. The van der Waals surface area contributed by atoms with Crippen LogP contribution in [0.25, 0.3) is 0 Å². The average Bonchev–Trinajstić information content (AvgIpc) is 3.22. The average molecular weight is 482 g/mol. The van der Waals surface area contributed by atoms with Crippen LogP contribution < -0.4 is 15.7 Å². The third-order valence-electron chi connectivity index (χ3n) is 6.26. The van der Waals surface area contributed by atoms with Gasteiger partial charge in [-0.1, -0.05) is 93.2 Å². The van der Waals surface area contributed by atoms with Crippen molar-refractivity contribution in [2.45, 2.75) is 57.3 Å². The molecule has 1 N–H and O–H groups in total. The third-order valence-corrected chi connectivity index (χ3v) is 12.4. The Balaban J connectivity index is 1.55. The highest BCUT2D eigenvalue weighted by Crippen LogP contribution is 2.40. The van der Waals surface area contributed by atoms with Gasteiger partial charge in [-0.2, -0.15) is 0 Å². The smallest absolute Gasteiger partial charge is 0.323 e. The van der Waals surface area contributed by atoms with Gasteiger partial charge in [0.05, 0.1) is 6.10 Å². The predicted octanol–water partition coefficient (Wildman–Crippen LogP) is 4.17. The summed E-state index contributed by atoms with van der Waals surface area (Å²) in [7, 11) is -2.55. The molecule has 2 aromatic rings. The Morgan fingerprint density at radius 1 is 1.03 bits per heavy atom. The summed E-state index contributed by atoms with van der Waals surface area (Å²) >= 11 is 1.67. The zero-order valence-corrected chi connectivity index (χ0v) is 22.0. The topological polar surface area (TPSA) is 44.8 Å². The van der Waals surface area contributed by atoms with Gasteiger partial charge in [-0.05, 0) is 34.7 Å². The van der Waals surface area contributed by atoms with Crippen molar-refractivity contribution >= 4 is 36.5 Å². The number of likely N-dealkylation sites (tertiary alicyclic amines) is 1. The minimum atomic E-state index is -2.55. The normalized spacial score (nSPS) is 19.7. The Bertz CT molecular complexity index is 933. The fraction of sp³-hybridized carbons (Fsp3) is 0.423. The number of thioether (sulfide) groups is 1. The molecule has 1 fully saturated rings. The molecule has 2 amide bonds. The molecule has 33 heavy (non-hydrogen) atoms. The lowest BCUT2D eigenvalue weighted by atomic mass is 10.2. The zero-order chi connectivity index (χ0) is 23.6. The first kappa shape index (κ1) is 24.1. The van der Waals surface area contributed by atoms with Gasteiger partial charge >= 0.3 is 6.03 Å². The van der Waals surface area contributed by atoms with Crippen LogP contribution in [-0.4, -0.2) is 54.9 Å². The molecule has 4 rings (SSSR count). The lowest BCUT2D eigenvalue weighted by Gasteiger charge is -2.51. The van der Waals surface area contributed by atoms with Crippen molar-refractivity contribution < 1.29 is 9.22 Å². The molecular formula is C26H35N3O2SSi. The van der Waals surface area contributed by atoms with E-state index in [9.17, 15) is 4.79 Å². The van der Waals surface area contributed by atoms with Gasteiger partial charge in [0, 0.05) is 25.3 Å². The Hall–Kier alpha value is -2.06. The van der Waals surface area contributed by atoms with Crippen LogP contribution >= 0.6 is 11.8 Å². The molecule has 0 spiro atoms. The number of benzene rings is 2. The largest absolute Gasteiger partial charge is 0.402 e. The van der Waals surface area contributed by atoms with E-state index >= 15 is 0 Å². The molecular weight excluding hydrogens is 446 g/mol. The second-order valence-electron chi connectivity index (χ2n) is 10.1. The third kappa shape index (κ3) is 4.78. The molecule has 2 aliphatic heterocycles. The minimum absolute atomic E-state index is 0.0113. The molecule has 2 aromatic carbocycles. The van der Waals surface area contributed by atoms with Crippen LogP contribution in [-0.2, 0) is 4.43 Å². The van der Waals surface area contributed by atoms with Crippen molar-refractivity contribution in [3.63, 3.8) is 0 Å². The fourth-order valence-electron chi connectivity index (χ4n) is 4.73. The lowest BCUT2D eigenvalue weighted by molar-refractivity contribution is -0.0154. The van der Waals surface area contributed by atoms with Crippen LogP contribution in [0.5, 0.6) is 0 Å². The van der Waals surface area contributed by atoms with E-state index in [-0.39, 0.29) is 28.7 Å². The van der Waals surface area contributed by atoms with Gasteiger partial charge in [0.15, 0.2) is 0 Å². The lowest BCUT2D eigenvalue weighted by Crippen LogP contribution is -2.71. The van der Waals surface area contributed by atoms with E-state index < -0.39 is 8.32 Å². The minimum Gasteiger partial charge on any atom is -0.402 e. The molecule has 0 aromatic heterocycles. The Morgan fingerprint density at radius 3 is 2.06 bits per heavy atom. The highest BCUT2D eigenvalue weighted by Gasteiger charge is 2.53. The number of rotatable bonds is 6. The first-order chi connectivity index (χ1) is 15.7. The molecule has 0 bridgehead atoms. The van der Waals surface area contributed by atoms with E-state index in [1.165, 1.54) is 10.4 Å². The second kappa shape index (κ2) is 9.66. The Kier molecular flexibility index (Phi) is 7.05. The van der Waals surface area contributed by atoms with Crippen LogP contribution in [0.2, 0.25) is 5.04 Å². The quantitative estimate of drug-likeness (QED) is 0.629. The standard InChI is InChI=1S/C26H35N3O2SSi/c1-20(2)27-24(30)29-16-17-32-25(29)28-18-21(19-28)31-33(26(3,4)5,22-12-8-6-9-13-22)23-14-10-7-11-15-23/h6-17,20-21,25H,18-19H2,1-5H3,(H,27,30). The summed E-state index contributed by atoms with van der Waals surface area (Å²) < 4.78 is 7.21. The second-order valence-corrected chi connectivity index (χ2v) is 15.3. The van der Waals surface area contributed by atoms with Gasteiger partial charge in [-0.15, -0.1) is 0 Å². The van der Waals surface area contributed by atoms with Crippen LogP contribution in [0.4, 0.5) is 4.79 Å². The van der Waals surface area contributed by atoms with Crippen LogP contribution in [0.15, 0.2) is 72.3 Å². The summed E-state index contributed by atoms with van der Waals surface area (Å²) in [6.07, 6.45) is 2.01. The Morgan fingerprint density at radius 2 is 1.58 bits per heavy atom. The Labute approximate surface area is 203 Å². The highest BCUT2D eigenvalue weighted by molar-refractivity contribution is 8.02. The maximum Gasteiger partial charge on any atom is 0.323 e. The van der Waals surface area contributed by atoms with E-state index in [0.29, 0.717) is 0 Å². The predicted molar refractivity (Wildman–Crippen MR) is 140 cm³/mol. The number of amides is 2. The van der Waals surface area contributed by atoms with Crippen molar-refractivity contribution in [1.82, 2.24) is 15.1 Å². The van der Waals surface area contributed by atoms with Crippen LogP contribution in [0, 0.1) is 0 Å².